The lowest BCUT2D eigenvalue weighted by Gasteiger charge is -2.08. The number of nitrogens with zero attached hydrogens (tertiary/aromatic N) is 2. The van der Waals surface area contributed by atoms with Gasteiger partial charge in [-0.3, -0.25) is 4.79 Å². The molecule has 36 heavy (non-hydrogen) atoms. The summed E-state index contributed by atoms with van der Waals surface area (Å²) in [6.45, 7) is 4.28. The Labute approximate surface area is 212 Å². The van der Waals surface area contributed by atoms with Gasteiger partial charge in [0.25, 0.3) is 0 Å². The lowest BCUT2D eigenvalue weighted by molar-refractivity contribution is -0.113. The van der Waals surface area contributed by atoms with E-state index in [0.717, 1.165) is 36.1 Å². The molecule has 0 bridgehead atoms. The van der Waals surface area contributed by atoms with E-state index in [1.807, 2.05) is 6.92 Å². The number of aromatic nitrogens is 2. The van der Waals surface area contributed by atoms with Crippen LogP contribution in [0.4, 0.5) is 5.00 Å². The van der Waals surface area contributed by atoms with Crippen LogP contribution in [0.5, 0.6) is 5.75 Å². The summed E-state index contributed by atoms with van der Waals surface area (Å²) >= 11 is 1.30. The maximum Gasteiger partial charge on any atom is 0.341 e. The highest BCUT2D eigenvalue weighted by atomic mass is 32.2. The standard InChI is InChI=1S/C24H27N3O7S2/c1-3-32-16-12-10-15(11-13-16)21-26-27-24(34-21)36(30,31)14-19(28)25-22-20(23(29)33-4-2)17-8-6-5-7-9-18(17)35-22/h10-13H,3-9,14H2,1-2H3,(H,25,28). The molecule has 0 aliphatic heterocycles. The highest BCUT2D eigenvalue weighted by molar-refractivity contribution is 7.91. The number of sulfone groups is 1. The van der Waals surface area contributed by atoms with Gasteiger partial charge in [-0.05, 0) is 69.4 Å². The monoisotopic (exact) mass is 533 g/mol. The fourth-order valence-electron chi connectivity index (χ4n) is 3.96. The Hall–Kier alpha value is -3.25. The van der Waals surface area contributed by atoms with Crippen molar-refractivity contribution in [3.05, 3.63) is 40.3 Å². The fraction of sp³-hybridized carbons (Fsp3) is 0.417. The first-order chi connectivity index (χ1) is 17.3. The number of aryl methyl sites for hydroxylation is 1. The van der Waals surface area contributed by atoms with Crippen molar-refractivity contribution in [1.29, 1.82) is 0 Å². The summed E-state index contributed by atoms with van der Waals surface area (Å²) in [4.78, 5) is 26.4. The molecule has 1 aliphatic carbocycles. The van der Waals surface area contributed by atoms with Crippen LogP contribution in [0, 0.1) is 0 Å². The minimum absolute atomic E-state index is 0.00336. The number of benzene rings is 1. The zero-order chi connectivity index (χ0) is 25.7. The van der Waals surface area contributed by atoms with Crippen molar-refractivity contribution in [2.45, 2.75) is 51.2 Å². The quantitative estimate of drug-likeness (QED) is 0.319. The molecule has 0 saturated heterocycles. The molecule has 10 nitrogen and oxygen atoms in total. The smallest absolute Gasteiger partial charge is 0.341 e. The third-order valence-electron chi connectivity index (χ3n) is 5.56. The predicted molar refractivity (Wildman–Crippen MR) is 133 cm³/mol. The van der Waals surface area contributed by atoms with Gasteiger partial charge in [0.2, 0.25) is 21.6 Å². The molecule has 4 rings (SSSR count). The second-order valence-electron chi connectivity index (χ2n) is 8.13. The second-order valence-corrected chi connectivity index (χ2v) is 11.1. The first kappa shape index (κ1) is 25.8. The second kappa shape index (κ2) is 11.2. The van der Waals surface area contributed by atoms with Crippen molar-refractivity contribution in [1.82, 2.24) is 10.2 Å². The summed E-state index contributed by atoms with van der Waals surface area (Å²) in [5.74, 6) is -1.59. The van der Waals surface area contributed by atoms with Gasteiger partial charge in [-0.25, -0.2) is 13.2 Å². The zero-order valence-corrected chi connectivity index (χ0v) is 21.7. The van der Waals surface area contributed by atoms with Gasteiger partial charge in [-0.1, -0.05) is 11.5 Å². The van der Waals surface area contributed by atoms with Gasteiger partial charge in [0.1, 0.15) is 16.5 Å². The number of rotatable bonds is 9. The number of carbonyl (C=O) groups is 2. The summed E-state index contributed by atoms with van der Waals surface area (Å²) < 4.78 is 41.6. The molecule has 192 valence electrons. The van der Waals surface area contributed by atoms with Crippen molar-refractivity contribution in [2.75, 3.05) is 24.3 Å². The number of esters is 1. The summed E-state index contributed by atoms with van der Waals surface area (Å²) in [5, 5.41) is 9.69. The lowest BCUT2D eigenvalue weighted by Crippen LogP contribution is -2.24. The average Bonchev–Trinajstić information content (AvgIpc) is 3.39. The predicted octanol–water partition coefficient (Wildman–Crippen LogP) is 4.05. The number of carbonyl (C=O) groups excluding carboxylic acids is 2. The lowest BCUT2D eigenvalue weighted by atomic mass is 10.1. The average molecular weight is 534 g/mol. The van der Waals surface area contributed by atoms with Gasteiger partial charge in [-0.15, -0.1) is 16.4 Å². The molecule has 1 N–H and O–H groups in total. The molecule has 2 aromatic heterocycles. The van der Waals surface area contributed by atoms with Crippen LogP contribution in [-0.4, -0.2) is 49.5 Å². The molecule has 0 radical (unpaired) electrons. The third-order valence-corrected chi connectivity index (χ3v) is 8.11. The number of hydrogen-bond acceptors (Lipinski definition) is 10. The first-order valence-corrected chi connectivity index (χ1v) is 14.2. The molecular formula is C24H27N3O7S2. The van der Waals surface area contributed by atoms with Crippen LogP contribution in [0.2, 0.25) is 0 Å². The van der Waals surface area contributed by atoms with E-state index in [-0.39, 0.29) is 12.5 Å². The first-order valence-electron chi connectivity index (χ1n) is 11.7. The van der Waals surface area contributed by atoms with E-state index in [0.29, 0.717) is 34.9 Å². The molecule has 1 aromatic carbocycles. The number of hydrogen-bond donors (Lipinski definition) is 1. The molecule has 1 amide bonds. The summed E-state index contributed by atoms with van der Waals surface area (Å²) in [5.41, 5.74) is 1.71. The van der Waals surface area contributed by atoms with E-state index in [9.17, 15) is 18.0 Å². The third kappa shape index (κ3) is 5.76. The molecular weight excluding hydrogens is 506 g/mol. The maximum absolute atomic E-state index is 12.8. The zero-order valence-electron chi connectivity index (χ0n) is 20.0. The number of anilines is 1. The molecule has 0 spiro atoms. The van der Waals surface area contributed by atoms with Crippen molar-refractivity contribution in [3.63, 3.8) is 0 Å². The Bertz CT molecular complexity index is 1340. The molecule has 12 heteroatoms. The molecule has 0 fully saturated rings. The number of amides is 1. The Kier molecular flexibility index (Phi) is 8.04. The van der Waals surface area contributed by atoms with E-state index in [1.165, 1.54) is 11.3 Å². The normalized spacial score (nSPS) is 13.5. The van der Waals surface area contributed by atoms with E-state index >= 15 is 0 Å². The Morgan fingerprint density at radius 3 is 2.53 bits per heavy atom. The van der Waals surface area contributed by atoms with E-state index in [4.69, 9.17) is 13.9 Å². The van der Waals surface area contributed by atoms with Gasteiger partial charge in [-0.2, -0.15) is 0 Å². The van der Waals surface area contributed by atoms with E-state index in [1.54, 1.807) is 31.2 Å². The van der Waals surface area contributed by atoms with Crippen LogP contribution in [0.3, 0.4) is 0 Å². The van der Waals surface area contributed by atoms with Crippen LogP contribution >= 0.6 is 11.3 Å². The van der Waals surface area contributed by atoms with Gasteiger partial charge < -0.3 is 19.2 Å². The molecule has 0 saturated carbocycles. The van der Waals surface area contributed by atoms with Crippen molar-refractivity contribution < 1.29 is 31.9 Å². The largest absolute Gasteiger partial charge is 0.494 e. The van der Waals surface area contributed by atoms with Crippen LogP contribution in [-0.2, 0) is 32.2 Å². The van der Waals surface area contributed by atoms with Crippen LogP contribution in [0.25, 0.3) is 11.5 Å². The van der Waals surface area contributed by atoms with E-state index < -0.39 is 32.7 Å². The van der Waals surface area contributed by atoms with E-state index in [2.05, 4.69) is 15.5 Å². The van der Waals surface area contributed by atoms with Crippen molar-refractivity contribution in [2.24, 2.45) is 0 Å². The van der Waals surface area contributed by atoms with Gasteiger partial charge >= 0.3 is 11.2 Å². The molecule has 0 unspecified atom stereocenters. The highest BCUT2D eigenvalue weighted by Gasteiger charge is 2.30. The van der Waals surface area contributed by atoms with Crippen molar-refractivity contribution >= 4 is 38.1 Å². The topological polar surface area (TPSA) is 138 Å². The minimum atomic E-state index is -4.22. The Morgan fingerprint density at radius 2 is 1.81 bits per heavy atom. The maximum atomic E-state index is 12.8. The minimum Gasteiger partial charge on any atom is -0.494 e. The molecule has 2 heterocycles. The molecule has 1 aliphatic rings. The van der Waals surface area contributed by atoms with Gasteiger partial charge in [0, 0.05) is 10.4 Å². The Balaban J connectivity index is 1.50. The van der Waals surface area contributed by atoms with Crippen molar-refractivity contribution in [3.8, 4) is 17.2 Å². The van der Waals surface area contributed by atoms with Crippen LogP contribution < -0.4 is 10.1 Å². The Morgan fingerprint density at radius 1 is 1.06 bits per heavy atom. The van der Waals surface area contributed by atoms with Crippen LogP contribution in [0.15, 0.2) is 33.9 Å². The summed E-state index contributed by atoms with van der Waals surface area (Å²) in [6, 6.07) is 6.74. The van der Waals surface area contributed by atoms with Gasteiger partial charge in [0.15, 0.2) is 0 Å². The number of fused-ring (bicyclic) bond motifs is 1. The SMILES string of the molecule is CCOC(=O)c1c(NC(=O)CS(=O)(=O)c2nnc(-c3ccc(OCC)cc3)o2)sc2c1CCCCC2. The molecule has 3 aromatic rings. The van der Waals surface area contributed by atoms with Crippen LogP contribution in [0.1, 0.15) is 53.9 Å². The summed E-state index contributed by atoms with van der Waals surface area (Å²) in [6.07, 6.45) is 4.50. The highest BCUT2D eigenvalue weighted by Crippen LogP contribution is 2.38. The number of nitrogens with one attached hydrogen (secondary N) is 1. The number of ether oxygens (including phenoxy) is 2. The van der Waals surface area contributed by atoms with Gasteiger partial charge in [0.05, 0.1) is 18.8 Å². The summed E-state index contributed by atoms with van der Waals surface area (Å²) in [7, 11) is -4.22. The molecule has 0 atom stereocenters. The number of thiophene rings is 1. The fourth-order valence-corrected chi connectivity index (χ4v) is 6.16.